The van der Waals surface area contributed by atoms with Crippen molar-refractivity contribution in [2.45, 2.75) is 32.4 Å². The number of rotatable bonds is 5. The Morgan fingerprint density at radius 1 is 1.59 bits per heavy atom. The van der Waals surface area contributed by atoms with Gasteiger partial charge < -0.3 is 14.6 Å². The Labute approximate surface area is 129 Å². The molecule has 1 fully saturated rings. The van der Waals surface area contributed by atoms with E-state index in [9.17, 15) is 4.79 Å². The molecule has 2 aromatic rings. The van der Waals surface area contributed by atoms with Crippen LogP contribution in [0.2, 0.25) is 0 Å². The number of carbonyl (C=O) groups is 1. The van der Waals surface area contributed by atoms with Gasteiger partial charge in [0.1, 0.15) is 0 Å². The van der Waals surface area contributed by atoms with Crippen molar-refractivity contribution in [3.63, 3.8) is 0 Å². The van der Waals surface area contributed by atoms with E-state index in [-0.39, 0.29) is 17.9 Å². The van der Waals surface area contributed by atoms with Crippen molar-refractivity contribution in [2.75, 3.05) is 13.2 Å². The molecule has 0 spiro atoms. The first-order chi connectivity index (χ1) is 10.8. The lowest BCUT2D eigenvalue weighted by atomic mass is 9.91. The van der Waals surface area contributed by atoms with Crippen LogP contribution in [0, 0.1) is 5.92 Å². The van der Waals surface area contributed by atoms with E-state index in [1.165, 1.54) is 0 Å². The van der Waals surface area contributed by atoms with Gasteiger partial charge in [0.15, 0.2) is 5.82 Å². The van der Waals surface area contributed by atoms with E-state index in [0.717, 1.165) is 31.6 Å². The molecule has 1 aliphatic heterocycles. The Hall–Kier alpha value is -2.15. The van der Waals surface area contributed by atoms with Crippen LogP contribution in [-0.4, -0.2) is 38.8 Å². The molecule has 2 aromatic heterocycles. The van der Waals surface area contributed by atoms with E-state index in [1.807, 2.05) is 23.9 Å². The van der Waals surface area contributed by atoms with Gasteiger partial charge in [0, 0.05) is 49.8 Å². The summed E-state index contributed by atoms with van der Waals surface area (Å²) in [5.74, 6) is 0.572. The number of nitrogens with zero attached hydrogens (tertiary/aromatic N) is 3. The predicted octanol–water partition coefficient (Wildman–Crippen LogP) is 1.52. The van der Waals surface area contributed by atoms with Gasteiger partial charge in [-0.1, -0.05) is 0 Å². The molecule has 1 aliphatic rings. The van der Waals surface area contributed by atoms with Crippen molar-refractivity contribution in [1.29, 1.82) is 0 Å². The van der Waals surface area contributed by atoms with Crippen LogP contribution in [0.4, 0.5) is 0 Å². The average molecular weight is 303 g/mol. The standard InChI is InChI=1S/C15H21N5O2/c1-2-20-6-5-16-14(20)15(21)17-8-11-4-3-7-22-13(11)12-9-18-19-10-12/h5-6,9-11,13H,2-4,7-8H2,1H3,(H,17,21)(H,18,19)/t11-,13+/m0/s1. The molecular formula is C15H21N5O2. The topological polar surface area (TPSA) is 84.8 Å². The van der Waals surface area contributed by atoms with Gasteiger partial charge >= 0.3 is 0 Å². The van der Waals surface area contributed by atoms with Gasteiger partial charge in [-0.05, 0) is 19.8 Å². The highest BCUT2D eigenvalue weighted by Crippen LogP contribution is 2.32. The molecule has 7 heteroatoms. The maximum atomic E-state index is 12.3. The van der Waals surface area contributed by atoms with Gasteiger partial charge in [-0.25, -0.2) is 4.98 Å². The Kier molecular flexibility index (Phi) is 4.53. The van der Waals surface area contributed by atoms with E-state index in [0.29, 0.717) is 12.4 Å². The third-order valence-electron chi connectivity index (χ3n) is 4.08. The van der Waals surface area contributed by atoms with Crippen LogP contribution in [0.3, 0.4) is 0 Å². The molecule has 2 atom stereocenters. The van der Waals surface area contributed by atoms with Gasteiger partial charge in [-0.15, -0.1) is 0 Å². The Bertz CT molecular complexity index is 607. The van der Waals surface area contributed by atoms with Crippen molar-refractivity contribution in [1.82, 2.24) is 25.1 Å². The maximum absolute atomic E-state index is 12.3. The zero-order valence-corrected chi connectivity index (χ0v) is 12.7. The van der Waals surface area contributed by atoms with E-state index >= 15 is 0 Å². The molecule has 2 N–H and O–H groups in total. The Morgan fingerprint density at radius 3 is 3.27 bits per heavy atom. The fourth-order valence-corrected chi connectivity index (χ4v) is 2.91. The molecule has 118 valence electrons. The highest BCUT2D eigenvalue weighted by atomic mass is 16.5. The second kappa shape index (κ2) is 6.74. The van der Waals surface area contributed by atoms with Crippen LogP contribution in [0.15, 0.2) is 24.8 Å². The summed E-state index contributed by atoms with van der Waals surface area (Å²) in [7, 11) is 0. The van der Waals surface area contributed by atoms with Crippen molar-refractivity contribution in [3.05, 3.63) is 36.2 Å². The summed E-state index contributed by atoms with van der Waals surface area (Å²) >= 11 is 0. The zero-order chi connectivity index (χ0) is 15.4. The van der Waals surface area contributed by atoms with Crippen molar-refractivity contribution in [2.24, 2.45) is 5.92 Å². The normalized spacial score (nSPS) is 21.7. The molecule has 0 radical (unpaired) electrons. The van der Waals surface area contributed by atoms with Gasteiger partial charge in [0.25, 0.3) is 5.91 Å². The predicted molar refractivity (Wildman–Crippen MR) is 80.2 cm³/mol. The average Bonchev–Trinajstić information content (AvgIpc) is 3.23. The third-order valence-corrected chi connectivity index (χ3v) is 4.08. The molecule has 7 nitrogen and oxygen atoms in total. The minimum Gasteiger partial charge on any atom is -0.373 e. The number of hydrogen-bond donors (Lipinski definition) is 2. The summed E-state index contributed by atoms with van der Waals surface area (Å²) in [6, 6.07) is 0. The number of hydrogen-bond acceptors (Lipinski definition) is 4. The second-order valence-corrected chi connectivity index (χ2v) is 5.47. The summed E-state index contributed by atoms with van der Waals surface area (Å²) in [5, 5.41) is 9.79. The van der Waals surface area contributed by atoms with E-state index in [2.05, 4.69) is 20.5 Å². The van der Waals surface area contributed by atoms with Gasteiger partial charge in [-0.2, -0.15) is 5.10 Å². The molecule has 3 rings (SSSR count). The fourth-order valence-electron chi connectivity index (χ4n) is 2.91. The number of aromatic nitrogens is 4. The number of imidazole rings is 1. The number of carbonyl (C=O) groups excluding carboxylic acids is 1. The highest BCUT2D eigenvalue weighted by molar-refractivity contribution is 5.90. The lowest BCUT2D eigenvalue weighted by molar-refractivity contribution is -0.0272. The molecule has 22 heavy (non-hydrogen) atoms. The fraction of sp³-hybridized carbons (Fsp3) is 0.533. The first kappa shape index (κ1) is 14.8. The minimum absolute atomic E-state index is 0.0151. The van der Waals surface area contributed by atoms with E-state index < -0.39 is 0 Å². The largest absolute Gasteiger partial charge is 0.373 e. The van der Waals surface area contributed by atoms with Crippen LogP contribution >= 0.6 is 0 Å². The highest BCUT2D eigenvalue weighted by Gasteiger charge is 2.28. The number of ether oxygens (including phenoxy) is 1. The molecule has 0 bridgehead atoms. The lowest BCUT2D eigenvalue weighted by Crippen LogP contribution is -2.36. The first-order valence-electron chi connectivity index (χ1n) is 7.69. The van der Waals surface area contributed by atoms with Gasteiger partial charge in [0.05, 0.1) is 12.3 Å². The molecule has 1 saturated heterocycles. The lowest BCUT2D eigenvalue weighted by Gasteiger charge is -2.31. The van der Waals surface area contributed by atoms with Crippen molar-refractivity contribution in [3.8, 4) is 0 Å². The molecule has 0 aliphatic carbocycles. The molecule has 0 unspecified atom stereocenters. The number of amides is 1. The van der Waals surface area contributed by atoms with Gasteiger partial charge in [-0.3, -0.25) is 9.89 Å². The molecule has 3 heterocycles. The zero-order valence-electron chi connectivity index (χ0n) is 12.7. The smallest absolute Gasteiger partial charge is 0.287 e. The van der Waals surface area contributed by atoms with Crippen LogP contribution in [-0.2, 0) is 11.3 Å². The number of H-pyrrole nitrogens is 1. The number of aromatic amines is 1. The number of nitrogens with one attached hydrogen (secondary N) is 2. The second-order valence-electron chi connectivity index (χ2n) is 5.47. The van der Waals surface area contributed by atoms with Crippen LogP contribution in [0.1, 0.15) is 42.1 Å². The first-order valence-corrected chi connectivity index (χ1v) is 7.69. The quantitative estimate of drug-likeness (QED) is 0.877. The monoisotopic (exact) mass is 303 g/mol. The van der Waals surface area contributed by atoms with E-state index in [1.54, 1.807) is 12.4 Å². The Balaban J connectivity index is 1.63. The van der Waals surface area contributed by atoms with Crippen molar-refractivity contribution < 1.29 is 9.53 Å². The summed E-state index contributed by atoms with van der Waals surface area (Å²) in [4.78, 5) is 16.4. The van der Waals surface area contributed by atoms with Crippen LogP contribution in [0.5, 0.6) is 0 Å². The van der Waals surface area contributed by atoms with Gasteiger partial charge in [0.2, 0.25) is 0 Å². The number of aryl methyl sites for hydroxylation is 1. The van der Waals surface area contributed by atoms with Crippen molar-refractivity contribution >= 4 is 5.91 Å². The SMILES string of the molecule is CCn1ccnc1C(=O)NC[C@@H]1CCCO[C@H]1c1cn[nH]c1. The summed E-state index contributed by atoms with van der Waals surface area (Å²) in [6.07, 6.45) is 9.13. The maximum Gasteiger partial charge on any atom is 0.287 e. The molecule has 1 amide bonds. The summed E-state index contributed by atoms with van der Waals surface area (Å²) < 4.78 is 7.70. The molecular weight excluding hydrogens is 282 g/mol. The summed E-state index contributed by atoms with van der Waals surface area (Å²) in [6.45, 7) is 4.04. The van der Waals surface area contributed by atoms with Crippen LogP contribution in [0.25, 0.3) is 0 Å². The Morgan fingerprint density at radius 2 is 2.50 bits per heavy atom. The molecule has 0 saturated carbocycles. The molecule has 0 aromatic carbocycles. The minimum atomic E-state index is -0.136. The van der Waals surface area contributed by atoms with E-state index in [4.69, 9.17) is 4.74 Å². The van der Waals surface area contributed by atoms with Crippen LogP contribution < -0.4 is 5.32 Å². The summed E-state index contributed by atoms with van der Waals surface area (Å²) in [5.41, 5.74) is 1.04. The third kappa shape index (κ3) is 3.04.